The smallest absolute Gasteiger partial charge is 0.191 e. The molecule has 1 fully saturated rings. The molecule has 0 spiro atoms. The van der Waals surface area contributed by atoms with Gasteiger partial charge in [-0.25, -0.2) is 4.98 Å². The number of anilines is 1. The second-order valence-electron chi connectivity index (χ2n) is 7.72. The van der Waals surface area contributed by atoms with Gasteiger partial charge >= 0.3 is 0 Å². The minimum Gasteiger partial charge on any atom is -0.493 e. The van der Waals surface area contributed by atoms with E-state index in [2.05, 4.69) is 49.8 Å². The number of para-hydroxylation sites is 1. The Balaban J connectivity index is 1.37. The number of benzene rings is 1. The van der Waals surface area contributed by atoms with Crippen molar-refractivity contribution >= 4 is 11.8 Å². The van der Waals surface area contributed by atoms with Crippen LogP contribution in [0, 0.1) is 0 Å². The number of fused-ring (bicyclic) bond motifs is 1. The van der Waals surface area contributed by atoms with Crippen LogP contribution in [0.15, 0.2) is 47.6 Å². The molecular formula is C23H31N5O. The van der Waals surface area contributed by atoms with E-state index in [9.17, 15) is 0 Å². The Morgan fingerprint density at radius 3 is 2.83 bits per heavy atom. The van der Waals surface area contributed by atoms with E-state index in [1.54, 1.807) is 0 Å². The lowest BCUT2D eigenvalue weighted by atomic mass is 10.0. The van der Waals surface area contributed by atoms with Crippen molar-refractivity contribution in [1.29, 1.82) is 0 Å². The van der Waals surface area contributed by atoms with Crippen LogP contribution in [0.1, 0.15) is 49.3 Å². The molecule has 6 nitrogen and oxygen atoms in total. The summed E-state index contributed by atoms with van der Waals surface area (Å²) >= 11 is 0. The molecule has 4 rings (SSSR count). The van der Waals surface area contributed by atoms with Crippen LogP contribution in [0.4, 0.5) is 5.82 Å². The summed E-state index contributed by atoms with van der Waals surface area (Å²) in [5, 5.41) is 7.01. The molecule has 6 heteroatoms. The van der Waals surface area contributed by atoms with Crippen molar-refractivity contribution in [2.75, 3.05) is 31.6 Å². The summed E-state index contributed by atoms with van der Waals surface area (Å²) < 4.78 is 5.77. The van der Waals surface area contributed by atoms with Crippen LogP contribution in [0.5, 0.6) is 5.75 Å². The molecule has 1 atom stereocenters. The Morgan fingerprint density at radius 1 is 1.17 bits per heavy atom. The standard InChI is InChI=1S/C23H31N5O/c1-24-23(27-20-11-15-29-21-9-5-4-8-19(20)21)26-17-18-10-12-25-22(16-18)28-13-6-2-3-7-14-28/h4-5,8-10,12,16,20H,2-3,6-7,11,13-15,17H2,1H3,(H2,24,26,27). The van der Waals surface area contributed by atoms with Crippen molar-refractivity contribution in [3.63, 3.8) is 0 Å². The van der Waals surface area contributed by atoms with Gasteiger partial charge in [-0.15, -0.1) is 0 Å². The summed E-state index contributed by atoms with van der Waals surface area (Å²) in [7, 11) is 1.82. The molecule has 29 heavy (non-hydrogen) atoms. The Bertz CT molecular complexity index is 830. The highest BCUT2D eigenvalue weighted by molar-refractivity contribution is 5.80. The predicted octanol–water partition coefficient (Wildman–Crippen LogP) is 3.65. The molecule has 154 valence electrons. The van der Waals surface area contributed by atoms with Gasteiger partial charge in [-0.2, -0.15) is 0 Å². The first-order chi connectivity index (χ1) is 14.3. The Morgan fingerprint density at radius 2 is 2.00 bits per heavy atom. The zero-order chi connectivity index (χ0) is 19.9. The van der Waals surface area contributed by atoms with E-state index < -0.39 is 0 Å². The first-order valence-electron chi connectivity index (χ1n) is 10.7. The topological polar surface area (TPSA) is 61.8 Å². The van der Waals surface area contributed by atoms with Crippen molar-refractivity contribution in [3.8, 4) is 5.75 Å². The van der Waals surface area contributed by atoms with Gasteiger partial charge in [-0.1, -0.05) is 31.0 Å². The maximum atomic E-state index is 5.77. The Kier molecular flexibility index (Phi) is 6.49. The minimum absolute atomic E-state index is 0.205. The third-order valence-corrected chi connectivity index (χ3v) is 5.69. The van der Waals surface area contributed by atoms with Gasteiger partial charge in [-0.05, 0) is 36.6 Å². The molecule has 0 amide bonds. The lowest BCUT2D eigenvalue weighted by molar-refractivity contribution is 0.261. The van der Waals surface area contributed by atoms with Gasteiger partial charge in [0.15, 0.2) is 5.96 Å². The molecule has 1 aromatic carbocycles. The third-order valence-electron chi connectivity index (χ3n) is 5.69. The van der Waals surface area contributed by atoms with Gasteiger partial charge in [0.2, 0.25) is 0 Å². The van der Waals surface area contributed by atoms with Crippen LogP contribution in [0.3, 0.4) is 0 Å². The zero-order valence-corrected chi connectivity index (χ0v) is 17.2. The minimum atomic E-state index is 0.205. The fourth-order valence-corrected chi connectivity index (χ4v) is 4.08. The number of nitrogens with zero attached hydrogens (tertiary/aromatic N) is 3. The molecule has 0 bridgehead atoms. The van der Waals surface area contributed by atoms with Crippen molar-refractivity contribution < 1.29 is 4.74 Å². The van der Waals surface area contributed by atoms with Gasteiger partial charge in [0.05, 0.1) is 12.6 Å². The second-order valence-corrected chi connectivity index (χ2v) is 7.72. The SMILES string of the molecule is CN=C(NCc1ccnc(N2CCCCCC2)c1)NC1CCOc2ccccc21. The van der Waals surface area contributed by atoms with E-state index >= 15 is 0 Å². The van der Waals surface area contributed by atoms with Crippen LogP contribution < -0.4 is 20.3 Å². The molecule has 1 saturated heterocycles. The predicted molar refractivity (Wildman–Crippen MR) is 118 cm³/mol. The summed E-state index contributed by atoms with van der Waals surface area (Å²) in [5.41, 5.74) is 2.41. The largest absolute Gasteiger partial charge is 0.493 e. The number of pyridine rings is 1. The summed E-state index contributed by atoms with van der Waals surface area (Å²) in [6.45, 7) is 3.65. The molecule has 1 aromatic heterocycles. The quantitative estimate of drug-likeness (QED) is 0.613. The van der Waals surface area contributed by atoms with Gasteiger partial charge < -0.3 is 20.3 Å². The Hall–Kier alpha value is -2.76. The highest BCUT2D eigenvalue weighted by Gasteiger charge is 2.21. The summed E-state index contributed by atoms with van der Waals surface area (Å²) in [4.78, 5) is 11.5. The molecule has 2 N–H and O–H groups in total. The number of aliphatic imine (C=N–C) groups is 1. The van der Waals surface area contributed by atoms with E-state index in [0.717, 1.165) is 43.6 Å². The number of hydrogen-bond acceptors (Lipinski definition) is 4. The highest BCUT2D eigenvalue weighted by atomic mass is 16.5. The Labute approximate surface area is 173 Å². The van der Waals surface area contributed by atoms with Crippen LogP contribution in [0.2, 0.25) is 0 Å². The molecule has 0 aliphatic carbocycles. The number of rotatable bonds is 4. The number of guanidine groups is 1. The normalized spacial score (nSPS) is 19.7. The number of hydrogen-bond donors (Lipinski definition) is 2. The third kappa shape index (κ3) is 5.00. The maximum Gasteiger partial charge on any atom is 0.191 e. The lowest BCUT2D eigenvalue weighted by Gasteiger charge is -2.28. The molecule has 1 unspecified atom stereocenters. The first kappa shape index (κ1) is 19.6. The molecule has 0 radical (unpaired) electrons. The molecule has 2 aromatic rings. The molecular weight excluding hydrogens is 362 g/mol. The average molecular weight is 394 g/mol. The number of nitrogens with one attached hydrogen (secondary N) is 2. The first-order valence-corrected chi connectivity index (χ1v) is 10.7. The van der Waals surface area contributed by atoms with Gasteiger partial charge in [0.1, 0.15) is 11.6 Å². The van der Waals surface area contributed by atoms with E-state index in [1.165, 1.54) is 36.8 Å². The van der Waals surface area contributed by atoms with Crippen molar-refractivity contribution in [2.45, 2.75) is 44.7 Å². The number of ether oxygens (including phenoxy) is 1. The van der Waals surface area contributed by atoms with Crippen LogP contribution in [-0.2, 0) is 6.54 Å². The fraction of sp³-hybridized carbons (Fsp3) is 0.478. The molecule has 2 aliphatic rings. The monoisotopic (exact) mass is 393 g/mol. The highest BCUT2D eigenvalue weighted by Crippen LogP contribution is 2.31. The second kappa shape index (κ2) is 9.63. The van der Waals surface area contributed by atoms with E-state index in [1.807, 2.05) is 25.4 Å². The van der Waals surface area contributed by atoms with E-state index in [4.69, 9.17) is 4.74 Å². The molecule has 0 saturated carbocycles. The summed E-state index contributed by atoms with van der Waals surface area (Å²) in [5.74, 6) is 2.86. The lowest BCUT2D eigenvalue weighted by Crippen LogP contribution is -2.40. The molecule has 2 aliphatic heterocycles. The average Bonchev–Trinajstić information content (AvgIpc) is 3.06. The summed E-state index contributed by atoms with van der Waals surface area (Å²) in [6, 6.07) is 12.7. The van der Waals surface area contributed by atoms with Crippen molar-refractivity contribution in [3.05, 3.63) is 53.7 Å². The fourth-order valence-electron chi connectivity index (χ4n) is 4.08. The van der Waals surface area contributed by atoms with Gasteiger partial charge in [-0.3, -0.25) is 4.99 Å². The van der Waals surface area contributed by atoms with Gasteiger partial charge in [0, 0.05) is 44.9 Å². The zero-order valence-electron chi connectivity index (χ0n) is 17.2. The van der Waals surface area contributed by atoms with Crippen molar-refractivity contribution in [2.24, 2.45) is 4.99 Å². The number of aromatic nitrogens is 1. The van der Waals surface area contributed by atoms with E-state index in [0.29, 0.717) is 6.54 Å². The van der Waals surface area contributed by atoms with Crippen molar-refractivity contribution in [1.82, 2.24) is 15.6 Å². The maximum absolute atomic E-state index is 5.77. The van der Waals surface area contributed by atoms with Crippen LogP contribution in [-0.4, -0.2) is 37.7 Å². The van der Waals surface area contributed by atoms with Crippen LogP contribution >= 0.6 is 0 Å². The summed E-state index contributed by atoms with van der Waals surface area (Å²) in [6.07, 6.45) is 8.01. The van der Waals surface area contributed by atoms with Crippen LogP contribution in [0.25, 0.3) is 0 Å². The van der Waals surface area contributed by atoms with Gasteiger partial charge in [0.25, 0.3) is 0 Å². The molecule has 3 heterocycles. The van der Waals surface area contributed by atoms with E-state index in [-0.39, 0.29) is 6.04 Å².